The second-order valence-corrected chi connectivity index (χ2v) is 7.17. The second-order valence-electron chi connectivity index (χ2n) is 7.17. The predicted molar refractivity (Wildman–Crippen MR) is 76.6 cm³/mol. The van der Waals surface area contributed by atoms with E-state index in [1.54, 1.807) is 6.92 Å². The summed E-state index contributed by atoms with van der Waals surface area (Å²) in [5, 5.41) is 60.0. The van der Waals surface area contributed by atoms with Gasteiger partial charge in [0, 0.05) is 0 Å². The maximum atomic E-state index is 10.8. The van der Waals surface area contributed by atoms with Crippen LogP contribution in [0.2, 0.25) is 0 Å². The standard InChI is InChI=1S/C15H22O10/c1-14-9-13(22-3-2-15(9,21)10(20)11(14)25-14)24-12-8(19)7(18)6(17)5(4-16)23-12/h2-3,5-13,16-21H,4H2,1H3/t5-,6-,7+,8-,9-,10+,11+,12+,13+,14-,15+/m0/s1. The molecule has 3 fully saturated rings. The molecule has 0 unspecified atom stereocenters. The Morgan fingerprint density at radius 1 is 1.08 bits per heavy atom. The van der Waals surface area contributed by atoms with Gasteiger partial charge in [-0.3, -0.25) is 0 Å². The van der Waals surface area contributed by atoms with Crippen molar-refractivity contribution in [1.82, 2.24) is 0 Å². The minimum Gasteiger partial charge on any atom is -0.472 e. The smallest absolute Gasteiger partial charge is 0.210 e. The minimum atomic E-state index is -1.63. The number of aliphatic hydroxyl groups excluding tert-OH is 5. The lowest BCUT2D eigenvalue weighted by Crippen LogP contribution is -2.61. The molecule has 0 aromatic carbocycles. The number of ether oxygens (including phenoxy) is 4. The van der Waals surface area contributed by atoms with Gasteiger partial charge >= 0.3 is 0 Å². The first-order valence-electron chi connectivity index (χ1n) is 8.11. The van der Waals surface area contributed by atoms with E-state index < -0.39 is 72.9 Å². The molecule has 10 heteroatoms. The number of hydrogen-bond acceptors (Lipinski definition) is 10. The zero-order valence-electron chi connectivity index (χ0n) is 13.4. The maximum absolute atomic E-state index is 10.8. The zero-order chi connectivity index (χ0) is 18.1. The van der Waals surface area contributed by atoms with Crippen LogP contribution in [0.3, 0.4) is 0 Å². The van der Waals surface area contributed by atoms with E-state index in [1.807, 2.05) is 0 Å². The summed E-state index contributed by atoms with van der Waals surface area (Å²) < 4.78 is 21.8. The van der Waals surface area contributed by atoms with Gasteiger partial charge in [-0.1, -0.05) is 0 Å². The van der Waals surface area contributed by atoms with Crippen LogP contribution in [0.4, 0.5) is 0 Å². The van der Waals surface area contributed by atoms with Gasteiger partial charge in [-0.15, -0.1) is 0 Å². The van der Waals surface area contributed by atoms with Gasteiger partial charge in [-0.05, 0) is 13.0 Å². The molecule has 6 N–H and O–H groups in total. The highest BCUT2D eigenvalue weighted by molar-refractivity contribution is 5.31. The largest absolute Gasteiger partial charge is 0.472 e. The average Bonchev–Trinajstić information content (AvgIpc) is 3.22. The Balaban J connectivity index is 1.56. The Bertz CT molecular complexity index is 569. The number of rotatable bonds is 3. The molecule has 0 amide bonds. The van der Waals surface area contributed by atoms with Crippen molar-refractivity contribution < 1.29 is 49.6 Å². The molecule has 4 aliphatic rings. The molecule has 4 rings (SSSR count). The third-order valence-corrected chi connectivity index (χ3v) is 5.70. The lowest BCUT2D eigenvalue weighted by atomic mass is 9.82. The Morgan fingerprint density at radius 2 is 1.80 bits per heavy atom. The fourth-order valence-corrected chi connectivity index (χ4v) is 4.17. The van der Waals surface area contributed by atoms with Gasteiger partial charge in [0.15, 0.2) is 6.29 Å². The molecule has 3 heterocycles. The van der Waals surface area contributed by atoms with Crippen molar-refractivity contribution in [2.75, 3.05) is 6.61 Å². The second kappa shape index (κ2) is 5.59. The van der Waals surface area contributed by atoms with E-state index in [0.717, 1.165) is 0 Å². The summed E-state index contributed by atoms with van der Waals surface area (Å²) in [5.41, 5.74) is -2.51. The quantitative estimate of drug-likeness (QED) is 0.278. The van der Waals surface area contributed by atoms with Crippen LogP contribution in [-0.2, 0) is 18.9 Å². The average molecular weight is 362 g/mol. The first-order chi connectivity index (χ1) is 11.7. The van der Waals surface area contributed by atoms with Crippen LogP contribution in [0.25, 0.3) is 0 Å². The molecule has 10 nitrogen and oxygen atoms in total. The molecule has 0 bridgehead atoms. The van der Waals surface area contributed by atoms with E-state index >= 15 is 0 Å². The van der Waals surface area contributed by atoms with E-state index in [-0.39, 0.29) is 0 Å². The molecule has 1 aliphatic carbocycles. The SMILES string of the molecule is C[C@@]12O[C@@H]1[C@@H](O)[C@@]1(O)C=CO[C@H](O[C@H]3O[C@@H](CO)[C@H](O)[C@@H](O)[C@@H]3O)[C@H]12. The zero-order valence-corrected chi connectivity index (χ0v) is 13.4. The molecule has 3 aliphatic heterocycles. The molecule has 1 saturated carbocycles. The van der Waals surface area contributed by atoms with Crippen molar-refractivity contribution in [3.63, 3.8) is 0 Å². The van der Waals surface area contributed by atoms with Gasteiger partial charge in [0.2, 0.25) is 6.29 Å². The number of hydrogen-bond donors (Lipinski definition) is 6. The highest BCUT2D eigenvalue weighted by Gasteiger charge is 2.79. The van der Waals surface area contributed by atoms with Crippen LogP contribution in [0.5, 0.6) is 0 Å². The highest BCUT2D eigenvalue weighted by atomic mass is 16.8. The van der Waals surface area contributed by atoms with Crippen molar-refractivity contribution >= 4 is 0 Å². The van der Waals surface area contributed by atoms with E-state index in [1.165, 1.54) is 12.3 Å². The molecular formula is C15H22O10. The van der Waals surface area contributed by atoms with Gasteiger partial charge in [-0.25, -0.2) is 0 Å². The van der Waals surface area contributed by atoms with Crippen molar-refractivity contribution in [1.29, 1.82) is 0 Å². The van der Waals surface area contributed by atoms with Gasteiger partial charge in [-0.2, -0.15) is 0 Å². The maximum Gasteiger partial charge on any atom is 0.210 e. The highest BCUT2D eigenvalue weighted by Crippen LogP contribution is 2.61. The van der Waals surface area contributed by atoms with E-state index in [2.05, 4.69) is 0 Å². The predicted octanol–water partition coefficient (Wildman–Crippen LogP) is -3.45. The van der Waals surface area contributed by atoms with Gasteiger partial charge in [0.05, 0.1) is 18.8 Å². The summed E-state index contributed by atoms with van der Waals surface area (Å²) in [6, 6.07) is 0. The molecule has 0 radical (unpaired) electrons. The molecule has 0 aromatic heterocycles. The van der Waals surface area contributed by atoms with Crippen molar-refractivity contribution in [2.45, 2.75) is 67.3 Å². The molecule has 0 spiro atoms. The Labute approximate surface area is 142 Å². The summed E-state index contributed by atoms with van der Waals surface area (Å²) in [6.45, 7) is 1.11. The van der Waals surface area contributed by atoms with E-state index in [9.17, 15) is 30.6 Å². The number of fused-ring (bicyclic) bond motifs is 3. The molecule has 2 saturated heterocycles. The minimum absolute atomic E-state index is 0.574. The van der Waals surface area contributed by atoms with Crippen molar-refractivity contribution in [3.8, 4) is 0 Å². The van der Waals surface area contributed by atoms with Crippen molar-refractivity contribution in [2.24, 2.45) is 5.92 Å². The summed E-state index contributed by atoms with van der Waals surface area (Å²) in [7, 11) is 0. The molecule has 0 aromatic rings. The van der Waals surface area contributed by atoms with Gasteiger partial charge < -0.3 is 49.6 Å². The van der Waals surface area contributed by atoms with Crippen LogP contribution < -0.4 is 0 Å². The molecule has 142 valence electrons. The van der Waals surface area contributed by atoms with Crippen LogP contribution in [0.15, 0.2) is 12.3 Å². The molecule has 11 atom stereocenters. The summed E-state index contributed by atoms with van der Waals surface area (Å²) in [5.74, 6) is -0.808. The fourth-order valence-electron chi connectivity index (χ4n) is 4.17. The monoisotopic (exact) mass is 362 g/mol. The molecule has 25 heavy (non-hydrogen) atoms. The number of epoxide rings is 1. The third-order valence-electron chi connectivity index (χ3n) is 5.70. The van der Waals surface area contributed by atoms with Gasteiger partial charge in [0.25, 0.3) is 0 Å². The summed E-state index contributed by atoms with van der Waals surface area (Å²) in [4.78, 5) is 0. The third kappa shape index (κ3) is 2.30. The van der Waals surface area contributed by atoms with E-state index in [4.69, 9.17) is 18.9 Å². The Hall–Kier alpha value is -0.820. The normalized spacial score (nSPS) is 59.9. The van der Waals surface area contributed by atoms with Crippen LogP contribution in [0.1, 0.15) is 6.92 Å². The lowest BCUT2D eigenvalue weighted by molar-refractivity contribution is -0.349. The Morgan fingerprint density at radius 3 is 2.48 bits per heavy atom. The summed E-state index contributed by atoms with van der Waals surface area (Å²) in [6.07, 6.45) is -7.63. The lowest BCUT2D eigenvalue weighted by Gasteiger charge is -2.45. The summed E-state index contributed by atoms with van der Waals surface area (Å²) >= 11 is 0. The topological polar surface area (TPSA) is 162 Å². The van der Waals surface area contributed by atoms with Crippen LogP contribution in [0, 0.1) is 5.92 Å². The number of aliphatic hydroxyl groups is 6. The Kier molecular flexibility index (Phi) is 3.93. The molecular weight excluding hydrogens is 340 g/mol. The first-order valence-corrected chi connectivity index (χ1v) is 8.11. The van der Waals surface area contributed by atoms with Crippen molar-refractivity contribution in [3.05, 3.63) is 12.3 Å². The van der Waals surface area contributed by atoms with Gasteiger partial charge in [0.1, 0.15) is 47.8 Å². The fraction of sp³-hybridized carbons (Fsp3) is 0.867. The van der Waals surface area contributed by atoms with Crippen LogP contribution in [-0.4, -0.2) is 97.7 Å². The first kappa shape index (κ1) is 17.6. The van der Waals surface area contributed by atoms with Crippen LogP contribution >= 0.6 is 0 Å². The van der Waals surface area contributed by atoms with E-state index in [0.29, 0.717) is 0 Å².